The van der Waals surface area contributed by atoms with Gasteiger partial charge in [-0.3, -0.25) is 0 Å². The zero-order valence-corrected chi connectivity index (χ0v) is 9.55. The van der Waals surface area contributed by atoms with Crippen molar-refractivity contribution < 1.29 is 13.2 Å². The van der Waals surface area contributed by atoms with E-state index in [0.29, 0.717) is 10.6 Å². The van der Waals surface area contributed by atoms with Crippen molar-refractivity contribution in [2.45, 2.75) is 6.18 Å². The van der Waals surface area contributed by atoms with Crippen molar-refractivity contribution in [2.24, 2.45) is 7.05 Å². The van der Waals surface area contributed by atoms with Crippen LogP contribution >= 0.6 is 11.6 Å². The highest BCUT2D eigenvalue weighted by atomic mass is 35.5. The SMILES string of the molecule is Cn1cnc(C(F)(F)F)c1-c1ccc(Cl)cc1. The molecule has 0 aliphatic heterocycles. The van der Waals surface area contributed by atoms with Gasteiger partial charge in [0.15, 0.2) is 5.69 Å². The fourth-order valence-corrected chi connectivity index (χ4v) is 1.71. The molecule has 0 N–H and O–H groups in total. The largest absolute Gasteiger partial charge is 0.435 e. The van der Waals surface area contributed by atoms with Crippen LogP contribution < -0.4 is 0 Å². The number of hydrogen-bond donors (Lipinski definition) is 0. The molecule has 0 atom stereocenters. The molecule has 2 aromatic rings. The molecule has 0 aliphatic carbocycles. The number of aromatic nitrogens is 2. The Morgan fingerprint density at radius 2 is 1.76 bits per heavy atom. The Balaban J connectivity index is 2.59. The molecule has 1 heterocycles. The lowest BCUT2D eigenvalue weighted by atomic mass is 10.1. The predicted molar refractivity (Wildman–Crippen MR) is 58.7 cm³/mol. The van der Waals surface area contributed by atoms with E-state index < -0.39 is 11.9 Å². The molecule has 1 aromatic heterocycles. The Labute approximate surface area is 101 Å². The second-order valence-electron chi connectivity index (χ2n) is 3.56. The smallest absolute Gasteiger partial charge is 0.333 e. The van der Waals surface area contributed by atoms with Crippen LogP contribution in [0.4, 0.5) is 13.2 Å². The van der Waals surface area contributed by atoms with Gasteiger partial charge in [0.2, 0.25) is 0 Å². The van der Waals surface area contributed by atoms with Gasteiger partial charge in [0.25, 0.3) is 0 Å². The van der Waals surface area contributed by atoms with Crippen LogP contribution in [-0.4, -0.2) is 9.55 Å². The molecule has 6 heteroatoms. The molecule has 0 bridgehead atoms. The van der Waals surface area contributed by atoms with E-state index in [4.69, 9.17) is 11.6 Å². The first-order valence-corrected chi connectivity index (χ1v) is 5.12. The number of alkyl halides is 3. The van der Waals surface area contributed by atoms with Crippen molar-refractivity contribution in [3.05, 3.63) is 41.3 Å². The molecule has 1 aromatic carbocycles. The first-order valence-electron chi connectivity index (χ1n) is 4.74. The minimum absolute atomic E-state index is 0.0363. The molecule has 0 aliphatic rings. The Kier molecular flexibility index (Phi) is 2.87. The van der Waals surface area contributed by atoms with E-state index in [1.807, 2.05) is 0 Å². The van der Waals surface area contributed by atoms with Crippen LogP contribution in [-0.2, 0) is 13.2 Å². The summed E-state index contributed by atoms with van der Waals surface area (Å²) >= 11 is 5.70. The number of halogens is 4. The Morgan fingerprint density at radius 3 is 2.29 bits per heavy atom. The van der Waals surface area contributed by atoms with E-state index in [2.05, 4.69) is 4.98 Å². The third kappa shape index (κ3) is 2.29. The van der Waals surface area contributed by atoms with E-state index in [0.717, 1.165) is 6.33 Å². The quantitative estimate of drug-likeness (QED) is 0.763. The number of hydrogen-bond acceptors (Lipinski definition) is 1. The highest BCUT2D eigenvalue weighted by Crippen LogP contribution is 2.35. The van der Waals surface area contributed by atoms with Gasteiger partial charge in [-0.2, -0.15) is 13.2 Å². The van der Waals surface area contributed by atoms with E-state index in [9.17, 15) is 13.2 Å². The van der Waals surface area contributed by atoms with Gasteiger partial charge in [-0.15, -0.1) is 0 Å². The Bertz CT molecular complexity index is 529. The molecule has 2 rings (SSSR count). The maximum atomic E-state index is 12.7. The molecular weight excluding hydrogens is 253 g/mol. The highest BCUT2D eigenvalue weighted by molar-refractivity contribution is 6.30. The fourth-order valence-electron chi connectivity index (χ4n) is 1.59. The summed E-state index contributed by atoms with van der Waals surface area (Å²) in [6.07, 6.45) is -3.32. The van der Waals surface area contributed by atoms with Gasteiger partial charge in [0.1, 0.15) is 0 Å². The standard InChI is InChI=1S/C11H8ClF3N2/c1-17-6-16-10(11(13,14)15)9(17)7-2-4-8(12)5-3-7/h2-6H,1H3. The van der Waals surface area contributed by atoms with Crippen molar-refractivity contribution >= 4 is 11.6 Å². The van der Waals surface area contributed by atoms with Crippen LogP contribution in [0.1, 0.15) is 5.69 Å². The molecule has 0 fully saturated rings. The van der Waals surface area contributed by atoms with Gasteiger partial charge in [-0.05, 0) is 12.1 Å². The average molecular weight is 261 g/mol. The monoisotopic (exact) mass is 260 g/mol. The Hall–Kier alpha value is -1.49. The summed E-state index contributed by atoms with van der Waals surface area (Å²) in [7, 11) is 1.52. The van der Waals surface area contributed by atoms with Gasteiger partial charge < -0.3 is 4.57 Å². The number of rotatable bonds is 1. The van der Waals surface area contributed by atoms with Crippen LogP contribution in [0.5, 0.6) is 0 Å². The molecule has 90 valence electrons. The summed E-state index contributed by atoms with van der Waals surface area (Å²) in [4.78, 5) is 3.39. The third-order valence-corrected chi connectivity index (χ3v) is 2.58. The molecule has 0 saturated heterocycles. The zero-order chi connectivity index (χ0) is 12.6. The van der Waals surface area contributed by atoms with Crippen LogP contribution in [0.2, 0.25) is 5.02 Å². The summed E-state index contributed by atoms with van der Waals surface area (Å²) in [5, 5.41) is 0.476. The van der Waals surface area contributed by atoms with Crippen molar-refractivity contribution in [3.63, 3.8) is 0 Å². The van der Waals surface area contributed by atoms with Crippen LogP contribution in [0.3, 0.4) is 0 Å². The zero-order valence-electron chi connectivity index (χ0n) is 8.79. The molecule has 2 nitrogen and oxygen atoms in total. The molecular formula is C11H8ClF3N2. The minimum atomic E-state index is -4.46. The second kappa shape index (κ2) is 4.07. The van der Waals surface area contributed by atoms with E-state index in [1.165, 1.54) is 23.7 Å². The molecule has 0 saturated carbocycles. The molecule has 0 radical (unpaired) electrons. The summed E-state index contributed by atoms with van der Waals surface area (Å²) in [5.41, 5.74) is -0.418. The minimum Gasteiger partial charge on any atom is -0.333 e. The topological polar surface area (TPSA) is 17.8 Å². The van der Waals surface area contributed by atoms with Crippen LogP contribution in [0.25, 0.3) is 11.3 Å². The summed E-state index contributed by atoms with van der Waals surface area (Å²) in [5.74, 6) is 0. The summed E-state index contributed by atoms with van der Waals surface area (Å²) < 4.78 is 39.5. The fraction of sp³-hybridized carbons (Fsp3) is 0.182. The number of aryl methyl sites for hydroxylation is 1. The molecule has 0 unspecified atom stereocenters. The van der Waals surface area contributed by atoms with Gasteiger partial charge >= 0.3 is 6.18 Å². The predicted octanol–water partition coefficient (Wildman–Crippen LogP) is 3.76. The lowest BCUT2D eigenvalue weighted by Crippen LogP contribution is -2.08. The molecule has 0 spiro atoms. The number of nitrogens with zero attached hydrogens (tertiary/aromatic N) is 2. The summed E-state index contributed by atoms with van der Waals surface area (Å²) in [6, 6.07) is 6.16. The van der Waals surface area contributed by atoms with Crippen molar-refractivity contribution in [1.82, 2.24) is 9.55 Å². The van der Waals surface area contributed by atoms with E-state index >= 15 is 0 Å². The van der Waals surface area contributed by atoms with Crippen molar-refractivity contribution in [3.8, 4) is 11.3 Å². The molecule has 0 amide bonds. The number of imidazole rings is 1. The first kappa shape index (κ1) is 12.0. The van der Waals surface area contributed by atoms with Gasteiger partial charge in [-0.25, -0.2) is 4.98 Å². The normalized spacial score (nSPS) is 11.8. The van der Waals surface area contributed by atoms with Crippen molar-refractivity contribution in [1.29, 1.82) is 0 Å². The van der Waals surface area contributed by atoms with E-state index in [-0.39, 0.29) is 5.69 Å². The molecule has 17 heavy (non-hydrogen) atoms. The first-order chi connectivity index (χ1) is 7.89. The van der Waals surface area contributed by atoms with Gasteiger partial charge in [0, 0.05) is 17.6 Å². The van der Waals surface area contributed by atoms with E-state index in [1.54, 1.807) is 12.1 Å². The lowest BCUT2D eigenvalue weighted by molar-refractivity contribution is -0.140. The van der Waals surface area contributed by atoms with Gasteiger partial charge in [0.05, 0.1) is 12.0 Å². The Morgan fingerprint density at radius 1 is 1.18 bits per heavy atom. The summed E-state index contributed by atoms with van der Waals surface area (Å²) in [6.45, 7) is 0. The maximum Gasteiger partial charge on any atom is 0.435 e. The second-order valence-corrected chi connectivity index (χ2v) is 3.99. The lowest BCUT2D eigenvalue weighted by Gasteiger charge is -2.09. The average Bonchev–Trinajstić information content (AvgIpc) is 2.61. The number of benzene rings is 1. The third-order valence-electron chi connectivity index (χ3n) is 2.32. The van der Waals surface area contributed by atoms with Crippen LogP contribution in [0.15, 0.2) is 30.6 Å². The van der Waals surface area contributed by atoms with Crippen molar-refractivity contribution in [2.75, 3.05) is 0 Å². The maximum absolute atomic E-state index is 12.7. The highest BCUT2D eigenvalue weighted by Gasteiger charge is 2.37. The van der Waals surface area contributed by atoms with Gasteiger partial charge in [-0.1, -0.05) is 23.7 Å². The van der Waals surface area contributed by atoms with Crippen LogP contribution in [0, 0.1) is 0 Å².